The van der Waals surface area contributed by atoms with E-state index < -0.39 is 6.10 Å². The van der Waals surface area contributed by atoms with Crippen LogP contribution in [-0.2, 0) is 0 Å². The van der Waals surface area contributed by atoms with Crippen LogP contribution in [-0.4, -0.2) is 21.7 Å². The SMILES string of the molecule is OC(COc1ccc(Cl)cc1)c1cncnc1. The number of aromatic nitrogens is 2. The molecule has 2 rings (SSSR count). The first-order chi connectivity index (χ1) is 8.25. The van der Waals surface area contributed by atoms with E-state index in [1.54, 1.807) is 36.7 Å². The predicted molar refractivity (Wildman–Crippen MR) is 63.9 cm³/mol. The lowest BCUT2D eigenvalue weighted by Crippen LogP contribution is -2.10. The summed E-state index contributed by atoms with van der Waals surface area (Å²) < 4.78 is 5.41. The highest BCUT2D eigenvalue weighted by atomic mass is 35.5. The Labute approximate surface area is 104 Å². The fourth-order valence-corrected chi connectivity index (χ4v) is 1.41. The standard InChI is InChI=1S/C12H11ClN2O2/c13-10-1-3-11(4-2-10)17-7-12(16)9-5-14-8-15-6-9/h1-6,8,12,16H,7H2. The van der Waals surface area contributed by atoms with Gasteiger partial charge in [-0.2, -0.15) is 0 Å². The number of halogens is 1. The molecule has 0 amide bonds. The third kappa shape index (κ3) is 3.41. The predicted octanol–water partition coefficient (Wildman–Crippen LogP) is 2.24. The minimum Gasteiger partial charge on any atom is -0.491 e. The Balaban J connectivity index is 1.92. The number of hydrogen-bond donors (Lipinski definition) is 1. The zero-order valence-corrected chi connectivity index (χ0v) is 9.71. The van der Waals surface area contributed by atoms with Crippen LogP contribution in [0.25, 0.3) is 0 Å². The van der Waals surface area contributed by atoms with E-state index in [1.807, 2.05) is 0 Å². The molecular formula is C12H11ClN2O2. The van der Waals surface area contributed by atoms with Gasteiger partial charge in [-0.15, -0.1) is 0 Å². The van der Waals surface area contributed by atoms with E-state index >= 15 is 0 Å². The van der Waals surface area contributed by atoms with Gasteiger partial charge in [0, 0.05) is 23.0 Å². The van der Waals surface area contributed by atoms with Gasteiger partial charge in [-0.05, 0) is 24.3 Å². The minimum absolute atomic E-state index is 0.148. The van der Waals surface area contributed by atoms with Crippen LogP contribution in [0, 0.1) is 0 Å². The highest BCUT2D eigenvalue weighted by Crippen LogP contribution is 2.17. The van der Waals surface area contributed by atoms with Crippen LogP contribution in [0.5, 0.6) is 5.75 Å². The van der Waals surface area contributed by atoms with Gasteiger partial charge in [0.2, 0.25) is 0 Å². The Hall–Kier alpha value is -1.65. The van der Waals surface area contributed by atoms with Crippen molar-refractivity contribution < 1.29 is 9.84 Å². The van der Waals surface area contributed by atoms with Crippen LogP contribution < -0.4 is 4.74 Å². The lowest BCUT2D eigenvalue weighted by Gasteiger charge is -2.11. The van der Waals surface area contributed by atoms with Crippen molar-refractivity contribution in [2.75, 3.05) is 6.61 Å². The number of hydrogen-bond acceptors (Lipinski definition) is 4. The Kier molecular flexibility index (Phi) is 3.90. The summed E-state index contributed by atoms with van der Waals surface area (Å²) >= 11 is 5.75. The van der Waals surface area contributed by atoms with E-state index in [0.717, 1.165) is 0 Å². The third-order valence-electron chi connectivity index (χ3n) is 2.19. The van der Waals surface area contributed by atoms with Crippen molar-refractivity contribution in [3.05, 3.63) is 53.6 Å². The van der Waals surface area contributed by atoms with Gasteiger partial charge < -0.3 is 9.84 Å². The maximum Gasteiger partial charge on any atom is 0.119 e. The van der Waals surface area contributed by atoms with E-state index in [1.165, 1.54) is 6.33 Å². The van der Waals surface area contributed by atoms with Crippen molar-refractivity contribution in [1.29, 1.82) is 0 Å². The Morgan fingerprint density at radius 3 is 2.47 bits per heavy atom. The van der Waals surface area contributed by atoms with Crippen LogP contribution in [0.4, 0.5) is 0 Å². The van der Waals surface area contributed by atoms with Gasteiger partial charge in [0.05, 0.1) is 0 Å². The summed E-state index contributed by atoms with van der Waals surface area (Å²) in [6, 6.07) is 6.96. The molecule has 0 aliphatic heterocycles. The van der Waals surface area contributed by atoms with E-state index in [0.29, 0.717) is 16.3 Å². The van der Waals surface area contributed by atoms with E-state index in [4.69, 9.17) is 16.3 Å². The second-order valence-electron chi connectivity index (χ2n) is 3.45. The Bertz CT molecular complexity index is 462. The maximum absolute atomic E-state index is 9.81. The largest absolute Gasteiger partial charge is 0.491 e. The molecule has 88 valence electrons. The quantitative estimate of drug-likeness (QED) is 0.904. The van der Waals surface area contributed by atoms with E-state index in [2.05, 4.69) is 9.97 Å². The number of nitrogens with zero attached hydrogens (tertiary/aromatic N) is 2. The van der Waals surface area contributed by atoms with Crippen molar-refractivity contribution in [3.8, 4) is 5.75 Å². The van der Waals surface area contributed by atoms with E-state index in [-0.39, 0.29) is 6.61 Å². The minimum atomic E-state index is -0.744. The second kappa shape index (κ2) is 5.61. The zero-order valence-electron chi connectivity index (χ0n) is 8.95. The molecule has 1 aromatic heterocycles. The Morgan fingerprint density at radius 2 is 1.82 bits per heavy atom. The van der Waals surface area contributed by atoms with Gasteiger partial charge in [-0.25, -0.2) is 9.97 Å². The number of aliphatic hydroxyl groups is 1. The van der Waals surface area contributed by atoms with Gasteiger partial charge >= 0.3 is 0 Å². The van der Waals surface area contributed by atoms with Crippen LogP contribution >= 0.6 is 11.6 Å². The molecule has 0 aliphatic carbocycles. The summed E-state index contributed by atoms with van der Waals surface area (Å²) in [4.78, 5) is 7.66. The number of rotatable bonds is 4. The smallest absolute Gasteiger partial charge is 0.119 e. The maximum atomic E-state index is 9.81. The average Bonchev–Trinajstić information content (AvgIpc) is 2.39. The van der Waals surface area contributed by atoms with Gasteiger partial charge in [0.1, 0.15) is 24.8 Å². The molecule has 1 heterocycles. The molecule has 0 bridgehead atoms. The first-order valence-corrected chi connectivity index (χ1v) is 5.45. The van der Waals surface area contributed by atoms with Crippen LogP contribution in [0.1, 0.15) is 11.7 Å². The van der Waals surface area contributed by atoms with Crippen molar-refractivity contribution in [2.24, 2.45) is 0 Å². The number of aliphatic hydroxyl groups excluding tert-OH is 1. The lowest BCUT2D eigenvalue weighted by molar-refractivity contribution is 0.107. The van der Waals surface area contributed by atoms with Crippen molar-refractivity contribution in [3.63, 3.8) is 0 Å². The summed E-state index contributed by atoms with van der Waals surface area (Å²) in [7, 11) is 0. The van der Waals surface area contributed by atoms with Crippen molar-refractivity contribution in [1.82, 2.24) is 9.97 Å². The zero-order chi connectivity index (χ0) is 12.1. The second-order valence-corrected chi connectivity index (χ2v) is 3.89. The molecule has 0 spiro atoms. The molecular weight excluding hydrogens is 240 g/mol. The first-order valence-electron chi connectivity index (χ1n) is 5.07. The van der Waals surface area contributed by atoms with Gasteiger partial charge in [0.15, 0.2) is 0 Å². The molecule has 1 aromatic carbocycles. The van der Waals surface area contributed by atoms with Crippen LogP contribution in [0.2, 0.25) is 5.02 Å². The molecule has 0 saturated carbocycles. The number of benzene rings is 1. The molecule has 17 heavy (non-hydrogen) atoms. The highest BCUT2D eigenvalue weighted by Gasteiger charge is 2.08. The molecule has 2 aromatic rings. The van der Waals surface area contributed by atoms with Crippen LogP contribution in [0.3, 0.4) is 0 Å². The van der Waals surface area contributed by atoms with Crippen LogP contribution in [0.15, 0.2) is 43.0 Å². The molecule has 1 unspecified atom stereocenters. The fraction of sp³-hybridized carbons (Fsp3) is 0.167. The summed E-state index contributed by atoms with van der Waals surface area (Å²) in [6.45, 7) is 0.148. The summed E-state index contributed by atoms with van der Waals surface area (Å²) in [5.41, 5.74) is 0.626. The average molecular weight is 251 g/mol. The third-order valence-corrected chi connectivity index (χ3v) is 2.44. The monoisotopic (exact) mass is 250 g/mol. The molecule has 0 radical (unpaired) electrons. The van der Waals surface area contributed by atoms with Gasteiger partial charge in [0.25, 0.3) is 0 Å². The lowest BCUT2D eigenvalue weighted by atomic mass is 10.2. The highest BCUT2D eigenvalue weighted by molar-refractivity contribution is 6.30. The molecule has 1 atom stereocenters. The van der Waals surface area contributed by atoms with Crippen molar-refractivity contribution in [2.45, 2.75) is 6.10 Å². The molecule has 0 fully saturated rings. The normalized spacial score (nSPS) is 12.1. The molecule has 0 aliphatic rings. The topological polar surface area (TPSA) is 55.2 Å². The Morgan fingerprint density at radius 1 is 1.18 bits per heavy atom. The summed E-state index contributed by atoms with van der Waals surface area (Å²) in [6.07, 6.45) is 3.79. The van der Waals surface area contributed by atoms with Gasteiger partial charge in [-0.1, -0.05) is 11.6 Å². The fourth-order valence-electron chi connectivity index (χ4n) is 1.28. The molecule has 5 heteroatoms. The molecule has 4 nitrogen and oxygen atoms in total. The number of ether oxygens (including phenoxy) is 1. The summed E-state index contributed by atoms with van der Waals surface area (Å²) in [5.74, 6) is 0.658. The van der Waals surface area contributed by atoms with Gasteiger partial charge in [-0.3, -0.25) is 0 Å². The van der Waals surface area contributed by atoms with E-state index in [9.17, 15) is 5.11 Å². The molecule has 1 N–H and O–H groups in total. The summed E-state index contributed by atoms with van der Waals surface area (Å²) in [5, 5.41) is 10.5. The van der Waals surface area contributed by atoms with Crippen molar-refractivity contribution >= 4 is 11.6 Å². The molecule has 0 saturated heterocycles. The first kappa shape index (κ1) is 11.8.